The molecule has 3 nitrogen and oxygen atoms in total. The van der Waals surface area contributed by atoms with Gasteiger partial charge in [-0.2, -0.15) is 0 Å². The summed E-state index contributed by atoms with van der Waals surface area (Å²) in [5.41, 5.74) is 5.31. The number of pyridine rings is 1. The summed E-state index contributed by atoms with van der Waals surface area (Å²) in [4.78, 5) is 4.48. The molecule has 1 rings (SSSR count). The molecular weight excluding hydrogens is 210 g/mol. The molecule has 0 spiro atoms. The van der Waals surface area contributed by atoms with Crippen molar-refractivity contribution in [3.05, 3.63) is 29.6 Å². The summed E-state index contributed by atoms with van der Waals surface area (Å²) >= 11 is 0. The maximum absolute atomic E-state index is 5.64. The third-order valence-corrected chi connectivity index (χ3v) is 3.62. The second-order valence-electron chi connectivity index (χ2n) is 5.09. The summed E-state index contributed by atoms with van der Waals surface area (Å²) in [5, 5.41) is 0. The molecule has 0 aliphatic rings. The molecule has 2 unspecified atom stereocenters. The molecule has 1 aromatic rings. The Balaban J connectivity index is 2.66. The van der Waals surface area contributed by atoms with E-state index in [2.05, 4.69) is 50.2 Å². The fourth-order valence-corrected chi connectivity index (χ4v) is 1.87. The lowest BCUT2D eigenvalue weighted by Gasteiger charge is -2.26. The molecule has 0 saturated carbocycles. The zero-order chi connectivity index (χ0) is 12.8. The van der Waals surface area contributed by atoms with Crippen LogP contribution in [0.15, 0.2) is 18.3 Å². The molecule has 0 saturated heterocycles. The second-order valence-corrected chi connectivity index (χ2v) is 5.09. The average Bonchev–Trinajstić information content (AvgIpc) is 2.35. The van der Waals surface area contributed by atoms with E-state index < -0.39 is 0 Å². The van der Waals surface area contributed by atoms with E-state index in [0.717, 1.165) is 18.5 Å². The molecule has 0 radical (unpaired) electrons. The van der Waals surface area contributed by atoms with Crippen molar-refractivity contribution >= 4 is 0 Å². The zero-order valence-electron chi connectivity index (χ0n) is 11.4. The van der Waals surface area contributed by atoms with E-state index >= 15 is 0 Å². The summed E-state index contributed by atoms with van der Waals surface area (Å²) in [6.07, 6.45) is 3.89. The first-order chi connectivity index (χ1) is 8.08. The second kappa shape index (κ2) is 6.72. The van der Waals surface area contributed by atoms with Gasteiger partial charge in [-0.3, -0.25) is 16.3 Å². The van der Waals surface area contributed by atoms with Crippen LogP contribution in [0, 0.1) is 11.8 Å². The molecule has 3 N–H and O–H groups in total. The predicted molar refractivity (Wildman–Crippen MR) is 72.4 cm³/mol. The summed E-state index contributed by atoms with van der Waals surface area (Å²) < 4.78 is 0. The average molecular weight is 235 g/mol. The smallest absolute Gasteiger partial charge is 0.0419 e. The summed E-state index contributed by atoms with van der Waals surface area (Å²) in [6, 6.07) is 4.54. The van der Waals surface area contributed by atoms with Gasteiger partial charge in [0.05, 0.1) is 0 Å². The predicted octanol–water partition coefficient (Wildman–Crippen LogP) is 2.31. The van der Waals surface area contributed by atoms with Crippen LogP contribution < -0.4 is 11.3 Å². The van der Waals surface area contributed by atoms with Gasteiger partial charge in [0.2, 0.25) is 0 Å². The van der Waals surface area contributed by atoms with Crippen molar-refractivity contribution in [3.8, 4) is 0 Å². The maximum atomic E-state index is 5.64. The molecule has 0 aromatic carbocycles. The fraction of sp³-hybridized carbons (Fsp3) is 0.643. The molecule has 0 bridgehead atoms. The number of rotatable bonds is 6. The molecule has 3 heteroatoms. The van der Waals surface area contributed by atoms with E-state index in [1.165, 1.54) is 5.56 Å². The van der Waals surface area contributed by atoms with E-state index in [-0.39, 0.29) is 6.04 Å². The highest BCUT2D eigenvalue weighted by molar-refractivity contribution is 5.14. The number of hydrogen-bond acceptors (Lipinski definition) is 3. The number of aromatic nitrogens is 1. The van der Waals surface area contributed by atoms with Crippen LogP contribution in [-0.2, 0) is 12.8 Å². The molecule has 0 amide bonds. The Labute approximate surface area is 105 Å². The van der Waals surface area contributed by atoms with Crippen molar-refractivity contribution < 1.29 is 0 Å². The number of aryl methyl sites for hydroxylation is 1. The molecule has 0 fully saturated rings. The van der Waals surface area contributed by atoms with Gasteiger partial charge in [-0.25, -0.2) is 0 Å². The first-order valence-corrected chi connectivity index (χ1v) is 6.48. The third kappa shape index (κ3) is 4.10. The van der Waals surface area contributed by atoms with E-state index in [1.54, 1.807) is 0 Å². The van der Waals surface area contributed by atoms with Crippen LogP contribution in [0.25, 0.3) is 0 Å². The Morgan fingerprint density at radius 1 is 1.29 bits per heavy atom. The van der Waals surface area contributed by atoms with Crippen LogP contribution in [0.3, 0.4) is 0 Å². The number of nitrogens with two attached hydrogens (primary N) is 1. The summed E-state index contributed by atoms with van der Waals surface area (Å²) in [7, 11) is 0. The fourth-order valence-electron chi connectivity index (χ4n) is 1.87. The molecule has 1 aromatic heterocycles. The van der Waals surface area contributed by atoms with Gasteiger partial charge in [-0.15, -0.1) is 0 Å². The Hall–Kier alpha value is -0.930. The molecule has 0 aliphatic heterocycles. The van der Waals surface area contributed by atoms with Gasteiger partial charge in [0.25, 0.3) is 0 Å². The van der Waals surface area contributed by atoms with Crippen LogP contribution in [0.4, 0.5) is 0 Å². The van der Waals surface area contributed by atoms with Crippen LogP contribution in [0.2, 0.25) is 0 Å². The summed E-state index contributed by atoms with van der Waals surface area (Å²) in [6.45, 7) is 8.82. The standard InChI is InChI=1S/C14H25N3/c1-5-12-6-7-13(16-9-12)8-14(17-15)11(4)10(2)3/h6-7,9-11,14,17H,5,8,15H2,1-4H3. The van der Waals surface area contributed by atoms with Crippen molar-refractivity contribution in [2.75, 3.05) is 0 Å². The number of hydrazine groups is 1. The van der Waals surface area contributed by atoms with Gasteiger partial charge < -0.3 is 0 Å². The zero-order valence-corrected chi connectivity index (χ0v) is 11.4. The highest BCUT2D eigenvalue weighted by Gasteiger charge is 2.19. The molecule has 96 valence electrons. The van der Waals surface area contributed by atoms with Gasteiger partial charge in [0.1, 0.15) is 0 Å². The molecule has 1 heterocycles. The topological polar surface area (TPSA) is 50.9 Å². The maximum Gasteiger partial charge on any atom is 0.0419 e. The van der Waals surface area contributed by atoms with Gasteiger partial charge >= 0.3 is 0 Å². The number of nitrogens with one attached hydrogen (secondary N) is 1. The van der Waals surface area contributed by atoms with E-state index in [9.17, 15) is 0 Å². The van der Waals surface area contributed by atoms with E-state index in [1.807, 2.05) is 6.20 Å². The molecule has 0 aliphatic carbocycles. The van der Waals surface area contributed by atoms with Gasteiger partial charge in [0, 0.05) is 24.4 Å². The van der Waals surface area contributed by atoms with Gasteiger partial charge in [-0.05, 0) is 29.9 Å². The van der Waals surface area contributed by atoms with Crippen LogP contribution >= 0.6 is 0 Å². The Morgan fingerprint density at radius 2 is 2.00 bits per heavy atom. The highest BCUT2D eigenvalue weighted by Crippen LogP contribution is 2.17. The number of hydrogen-bond donors (Lipinski definition) is 2. The summed E-state index contributed by atoms with van der Waals surface area (Å²) in [5.74, 6) is 6.79. The third-order valence-electron chi connectivity index (χ3n) is 3.62. The SMILES string of the molecule is CCc1ccc(CC(NN)C(C)C(C)C)nc1. The minimum Gasteiger partial charge on any atom is -0.271 e. The normalized spacial score (nSPS) is 14.9. The van der Waals surface area contributed by atoms with Gasteiger partial charge in [-0.1, -0.05) is 33.8 Å². The lowest BCUT2D eigenvalue weighted by Crippen LogP contribution is -2.43. The Kier molecular flexibility index (Phi) is 5.59. The van der Waals surface area contributed by atoms with Gasteiger partial charge in [0.15, 0.2) is 0 Å². The molecule has 2 atom stereocenters. The van der Waals surface area contributed by atoms with Crippen molar-refractivity contribution in [1.29, 1.82) is 0 Å². The van der Waals surface area contributed by atoms with E-state index in [0.29, 0.717) is 11.8 Å². The largest absolute Gasteiger partial charge is 0.271 e. The van der Waals surface area contributed by atoms with Crippen molar-refractivity contribution in [2.45, 2.75) is 46.6 Å². The first-order valence-electron chi connectivity index (χ1n) is 6.48. The van der Waals surface area contributed by atoms with Crippen LogP contribution in [-0.4, -0.2) is 11.0 Å². The van der Waals surface area contributed by atoms with Crippen LogP contribution in [0.1, 0.15) is 39.0 Å². The minimum absolute atomic E-state index is 0.287. The van der Waals surface area contributed by atoms with Crippen molar-refractivity contribution in [2.24, 2.45) is 17.7 Å². The highest BCUT2D eigenvalue weighted by atomic mass is 15.2. The molecule has 17 heavy (non-hydrogen) atoms. The first kappa shape index (κ1) is 14.1. The Bertz CT molecular complexity index is 319. The Morgan fingerprint density at radius 3 is 2.41 bits per heavy atom. The van der Waals surface area contributed by atoms with Crippen molar-refractivity contribution in [3.63, 3.8) is 0 Å². The quantitative estimate of drug-likeness (QED) is 0.587. The molecular formula is C14H25N3. The monoisotopic (exact) mass is 235 g/mol. The number of nitrogens with zero attached hydrogens (tertiary/aromatic N) is 1. The lowest BCUT2D eigenvalue weighted by molar-refractivity contribution is 0.298. The minimum atomic E-state index is 0.287. The lowest BCUT2D eigenvalue weighted by atomic mass is 9.88. The van der Waals surface area contributed by atoms with E-state index in [4.69, 9.17) is 5.84 Å². The van der Waals surface area contributed by atoms with Crippen LogP contribution in [0.5, 0.6) is 0 Å². The van der Waals surface area contributed by atoms with Crippen molar-refractivity contribution in [1.82, 2.24) is 10.4 Å².